The number of nitrogens with zero attached hydrogens (tertiary/aromatic N) is 2. The highest BCUT2D eigenvalue weighted by atomic mass is 127. The zero-order valence-electron chi connectivity index (χ0n) is 15.9. The van der Waals surface area contributed by atoms with Crippen molar-refractivity contribution in [2.75, 3.05) is 46.4 Å². The summed E-state index contributed by atoms with van der Waals surface area (Å²) >= 11 is 0. The third-order valence-corrected chi connectivity index (χ3v) is 5.08. The van der Waals surface area contributed by atoms with Crippen LogP contribution in [0.5, 0.6) is 5.75 Å². The van der Waals surface area contributed by atoms with Gasteiger partial charge in [-0.15, -0.1) is 24.0 Å². The third-order valence-electron chi connectivity index (χ3n) is 5.08. The van der Waals surface area contributed by atoms with Gasteiger partial charge in [0.2, 0.25) is 0 Å². The molecule has 2 aliphatic heterocycles. The molecule has 3 rings (SSSR count). The maximum Gasteiger partial charge on any atom is 0.190 e. The minimum Gasteiger partial charge on any atom is -0.493 e. The van der Waals surface area contributed by atoms with E-state index in [9.17, 15) is 0 Å². The van der Waals surface area contributed by atoms with Crippen LogP contribution in [0.15, 0.2) is 23.2 Å². The van der Waals surface area contributed by atoms with E-state index in [2.05, 4.69) is 38.7 Å². The van der Waals surface area contributed by atoms with Crippen LogP contribution in [0.4, 0.5) is 0 Å². The van der Waals surface area contributed by atoms with Gasteiger partial charge in [-0.3, -0.25) is 4.99 Å². The number of halogens is 1. The molecule has 6 heteroatoms. The van der Waals surface area contributed by atoms with E-state index in [-0.39, 0.29) is 24.0 Å². The SMILES string of the molecule is CN=C(NCCCCN1CCCC1)NCCc1ccc2c(c1)CCO2.I. The Bertz CT molecular complexity index is 573. The van der Waals surface area contributed by atoms with Gasteiger partial charge >= 0.3 is 0 Å². The summed E-state index contributed by atoms with van der Waals surface area (Å²) in [7, 11) is 1.84. The number of rotatable bonds is 8. The lowest BCUT2D eigenvalue weighted by molar-refractivity contribution is 0.330. The second-order valence-electron chi connectivity index (χ2n) is 6.97. The zero-order chi connectivity index (χ0) is 17.3. The molecule has 2 N–H and O–H groups in total. The number of hydrogen-bond donors (Lipinski definition) is 2. The predicted molar refractivity (Wildman–Crippen MR) is 119 cm³/mol. The summed E-state index contributed by atoms with van der Waals surface area (Å²) in [6.07, 6.45) is 7.27. The van der Waals surface area contributed by atoms with Crippen molar-refractivity contribution in [2.24, 2.45) is 4.99 Å². The van der Waals surface area contributed by atoms with Crippen LogP contribution in [-0.4, -0.2) is 57.2 Å². The lowest BCUT2D eigenvalue weighted by Crippen LogP contribution is -2.38. The van der Waals surface area contributed by atoms with Crippen molar-refractivity contribution < 1.29 is 4.74 Å². The van der Waals surface area contributed by atoms with Gasteiger partial charge in [-0.2, -0.15) is 0 Å². The van der Waals surface area contributed by atoms with Gasteiger partial charge in [-0.05, 0) is 68.9 Å². The van der Waals surface area contributed by atoms with Crippen molar-refractivity contribution in [3.63, 3.8) is 0 Å². The molecule has 0 aromatic heterocycles. The molecule has 0 amide bonds. The number of nitrogens with one attached hydrogen (secondary N) is 2. The Morgan fingerprint density at radius 2 is 1.96 bits per heavy atom. The molecule has 1 aromatic rings. The second-order valence-corrected chi connectivity index (χ2v) is 6.97. The van der Waals surface area contributed by atoms with Crippen LogP contribution in [0.25, 0.3) is 0 Å². The van der Waals surface area contributed by atoms with Crippen molar-refractivity contribution >= 4 is 29.9 Å². The molecule has 0 unspecified atom stereocenters. The maximum atomic E-state index is 5.56. The fourth-order valence-corrected chi connectivity index (χ4v) is 3.61. The van der Waals surface area contributed by atoms with E-state index in [1.165, 1.54) is 56.4 Å². The van der Waals surface area contributed by atoms with E-state index >= 15 is 0 Å². The third kappa shape index (κ3) is 6.61. The van der Waals surface area contributed by atoms with Gasteiger partial charge in [0.15, 0.2) is 5.96 Å². The van der Waals surface area contributed by atoms with Gasteiger partial charge in [0.25, 0.3) is 0 Å². The molecule has 0 spiro atoms. The molecule has 0 bridgehead atoms. The smallest absolute Gasteiger partial charge is 0.190 e. The summed E-state index contributed by atoms with van der Waals surface area (Å²) in [6, 6.07) is 6.55. The van der Waals surface area contributed by atoms with Crippen LogP contribution in [0, 0.1) is 0 Å². The first-order valence-electron chi connectivity index (χ1n) is 9.76. The average Bonchev–Trinajstić information content (AvgIpc) is 3.31. The highest BCUT2D eigenvalue weighted by Crippen LogP contribution is 2.25. The molecule has 5 nitrogen and oxygen atoms in total. The number of ether oxygens (including phenoxy) is 1. The first-order valence-corrected chi connectivity index (χ1v) is 9.76. The molecule has 1 aromatic carbocycles. The number of unbranched alkanes of at least 4 members (excludes halogenated alkanes) is 1. The summed E-state index contributed by atoms with van der Waals surface area (Å²) in [4.78, 5) is 6.89. The lowest BCUT2D eigenvalue weighted by Gasteiger charge is -2.15. The van der Waals surface area contributed by atoms with Crippen molar-refractivity contribution in [3.8, 4) is 5.75 Å². The van der Waals surface area contributed by atoms with Crippen molar-refractivity contribution in [3.05, 3.63) is 29.3 Å². The first kappa shape index (κ1) is 21.3. The molecule has 2 aliphatic rings. The molecular formula is C20H33IN4O. The van der Waals surface area contributed by atoms with Crippen LogP contribution in [0.2, 0.25) is 0 Å². The highest BCUT2D eigenvalue weighted by molar-refractivity contribution is 14.0. The fraction of sp³-hybridized carbons (Fsp3) is 0.650. The molecular weight excluding hydrogens is 439 g/mol. The summed E-state index contributed by atoms with van der Waals surface area (Å²) in [5, 5.41) is 6.84. The maximum absolute atomic E-state index is 5.56. The number of hydrogen-bond acceptors (Lipinski definition) is 3. The van der Waals surface area contributed by atoms with Crippen LogP contribution < -0.4 is 15.4 Å². The van der Waals surface area contributed by atoms with Gasteiger partial charge in [0, 0.05) is 26.6 Å². The zero-order valence-corrected chi connectivity index (χ0v) is 18.3. The van der Waals surface area contributed by atoms with E-state index in [1.54, 1.807) is 0 Å². The average molecular weight is 472 g/mol. The molecule has 1 saturated heterocycles. The molecule has 1 fully saturated rings. The van der Waals surface area contributed by atoms with Gasteiger partial charge in [-0.1, -0.05) is 12.1 Å². The molecule has 0 aliphatic carbocycles. The van der Waals surface area contributed by atoms with E-state index in [4.69, 9.17) is 4.74 Å². The normalized spacial score (nSPS) is 16.7. The minimum absolute atomic E-state index is 0. The van der Waals surface area contributed by atoms with Crippen molar-refractivity contribution in [1.29, 1.82) is 0 Å². The molecule has 0 atom stereocenters. The van der Waals surface area contributed by atoms with Crippen LogP contribution in [0.3, 0.4) is 0 Å². The fourth-order valence-electron chi connectivity index (χ4n) is 3.61. The van der Waals surface area contributed by atoms with Crippen molar-refractivity contribution in [2.45, 2.75) is 38.5 Å². The molecule has 146 valence electrons. The Labute approximate surface area is 175 Å². The van der Waals surface area contributed by atoms with Gasteiger partial charge in [0.05, 0.1) is 6.61 Å². The quantitative estimate of drug-likeness (QED) is 0.265. The van der Waals surface area contributed by atoms with E-state index in [0.29, 0.717) is 0 Å². The Balaban J connectivity index is 0.00000243. The Morgan fingerprint density at radius 1 is 1.15 bits per heavy atom. The molecule has 26 heavy (non-hydrogen) atoms. The standard InChI is InChI=1S/C20H32N4O.HI/c1-21-20(22-10-2-3-12-24-13-4-5-14-24)23-11-8-17-6-7-19-18(16-17)9-15-25-19;/h6-7,16H,2-5,8-15H2,1H3,(H2,21,22,23);1H. The molecule has 2 heterocycles. The van der Waals surface area contributed by atoms with E-state index in [0.717, 1.165) is 44.2 Å². The largest absolute Gasteiger partial charge is 0.493 e. The monoisotopic (exact) mass is 472 g/mol. The topological polar surface area (TPSA) is 48.9 Å². The predicted octanol–water partition coefficient (Wildman–Crippen LogP) is 2.82. The van der Waals surface area contributed by atoms with Crippen molar-refractivity contribution in [1.82, 2.24) is 15.5 Å². The van der Waals surface area contributed by atoms with E-state index < -0.39 is 0 Å². The first-order chi connectivity index (χ1) is 12.3. The van der Waals surface area contributed by atoms with Gasteiger partial charge in [-0.25, -0.2) is 0 Å². The summed E-state index contributed by atoms with van der Waals surface area (Å²) < 4.78 is 5.56. The van der Waals surface area contributed by atoms with E-state index in [1.807, 2.05) is 7.05 Å². The Kier molecular flexibility index (Phi) is 9.53. The molecule has 0 saturated carbocycles. The lowest BCUT2D eigenvalue weighted by atomic mass is 10.1. The van der Waals surface area contributed by atoms with Crippen LogP contribution in [-0.2, 0) is 12.8 Å². The number of fused-ring (bicyclic) bond motifs is 1. The minimum atomic E-state index is 0. The number of aliphatic imine (C=N–C) groups is 1. The summed E-state index contributed by atoms with van der Waals surface area (Å²) in [6.45, 7) is 6.55. The summed E-state index contributed by atoms with van der Waals surface area (Å²) in [5.41, 5.74) is 2.70. The van der Waals surface area contributed by atoms with Crippen LogP contribution >= 0.6 is 24.0 Å². The number of benzene rings is 1. The molecule has 0 radical (unpaired) electrons. The highest BCUT2D eigenvalue weighted by Gasteiger charge is 2.12. The number of likely N-dealkylation sites (tertiary alicyclic amines) is 1. The van der Waals surface area contributed by atoms with Gasteiger partial charge < -0.3 is 20.3 Å². The Hall–Kier alpha value is -1.02. The summed E-state index contributed by atoms with van der Waals surface area (Å²) in [5.74, 6) is 1.97. The number of guanidine groups is 1. The van der Waals surface area contributed by atoms with Crippen LogP contribution in [0.1, 0.15) is 36.8 Å². The Morgan fingerprint density at radius 3 is 2.77 bits per heavy atom. The second kappa shape index (κ2) is 11.6. The van der Waals surface area contributed by atoms with Gasteiger partial charge in [0.1, 0.15) is 5.75 Å².